The molecule has 0 atom stereocenters. The van der Waals surface area contributed by atoms with Crippen LogP contribution < -0.4 is 10.1 Å². The Hall–Kier alpha value is -3.14. The quantitative estimate of drug-likeness (QED) is 0.587. The van der Waals surface area contributed by atoms with Crippen LogP contribution in [-0.2, 0) is 4.79 Å². The maximum absolute atomic E-state index is 12.5. The molecule has 4 nitrogen and oxygen atoms in total. The first-order valence-electron chi connectivity index (χ1n) is 7.21. The van der Waals surface area contributed by atoms with Gasteiger partial charge in [-0.2, -0.15) is 0 Å². The van der Waals surface area contributed by atoms with Crippen LogP contribution in [0, 0.1) is 0 Å². The molecule has 0 aliphatic heterocycles. The standard InChI is InChI=1S/C19H15NO3/c1-13(21)23-18-9-5-4-8-17(18)19(22)20-16-11-10-14-6-2-3-7-15(14)12-16/h2-12H,1H3,(H,20,22). The zero-order valence-electron chi connectivity index (χ0n) is 12.6. The van der Waals surface area contributed by atoms with Crippen LogP contribution in [0.2, 0.25) is 0 Å². The van der Waals surface area contributed by atoms with E-state index >= 15 is 0 Å². The third-order valence-corrected chi connectivity index (χ3v) is 3.39. The summed E-state index contributed by atoms with van der Waals surface area (Å²) < 4.78 is 5.07. The first-order chi connectivity index (χ1) is 11.1. The van der Waals surface area contributed by atoms with Crippen LogP contribution in [0.15, 0.2) is 66.7 Å². The normalized spacial score (nSPS) is 10.3. The Morgan fingerprint density at radius 2 is 1.57 bits per heavy atom. The van der Waals surface area contributed by atoms with E-state index in [1.54, 1.807) is 24.3 Å². The molecule has 1 N–H and O–H groups in total. The molecule has 0 aromatic heterocycles. The summed E-state index contributed by atoms with van der Waals surface area (Å²) in [6.45, 7) is 1.30. The minimum Gasteiger partial charge on any atom is -0.426 e. The molecular formula is C19H15NO3. The number of rotatable bonds is 3. The zero-order valence-corrected chi connectivity index (χ0v) is 12.6. The smallest absolute Gasteiger partial charge is 0.308 e. The number of para-hydroxylation sites is 1. The van der Waals surface area contributed by atoms with E-state index < -0.39 is 5.97 Å². The van der Waals surface area contributed by atoms with E-state index in [4.69, 9.17) is 4.74 Å². The fraction of sp³-hybridized carbons (Fsp3) is 0.0526. The van der Waals surface area contributed by atoms with E-state index in [0.717, 1.165) is 10.8 Å². The number of ether oxygens (including phenoxy) is 1. The minimum atomic E-state index is -0.462. The summed E-state index contributed by atoms with van der Waals surface area (Å²) in [6.07, 6.45) is 0. The summed E-state index contributed by atoms with van der Waals surface area (Å²) in [5.74, 6) is -0.536. The van der Waals surface area contributed by atoms with Crippen molar-refractivity contribution in [1.82, 2.24) is 0 Å². The molecule has 0 unspecified atom stereocenters. The van der Waals surface area contributed by atoms with E-state index in [1.165, 1.54) is 6.92 Å². The molecule has 114 valence electrons. The van der Waals surface area contributed by atoms with Crippen LogP contribution in [0.5, 0.6) is 5.75 Å². The monoisotopic (exact) mass is 305 g/mol. The van der Waals surface area contributed by atoms with Crippen LogP contribution in [-0.4, -0.2) is 11.9 Å². The fourth-order valence-electron chi connectivity index (χ4n) is 2.36. The zero-order chi connectivity index (χ0) is 16.2. The highest BCUT2D eigenvalue weighted by atomic mass is 16.5. The lowest BCUT2D eigenvalue weighted by molar-refractivity contribution is -0.131. The Kier molecular flexibility index (Phi) is 4.06. The molecule has 1 amide bonds. The first kappa shape index (κ1) is 14.8. The molecule has 0 heterocycles. The van der Waals surface area contributed by atoms with Gasteiger partial charge in [0.15, 0.2) is 0 Å². The second-order valence-electron chi connectivity index (χ2n) is 5.11. The number of carbonyl (C=O) groups is 2. The third kappa shape index (κ3) is 3.37. The lowest BCUT2D eigenvalue weighted by Crippen LogP contribution is -2.14. The van der Waals surface area contributed by atoms with Crippen LogP contribution in [0.1, 0.15) is 17.3 Å². The molecule has 0 saturated heterocycles. The second kappa shape index (κ2) is 6.32. The maximum Gasteiger partial charge on any atom is 0.308 e. The Bertz CT molecular complexity index is 886. The highest BCUT2D eigenvalue weighted by Gasteiger charge is 2.13. The second-order valence-corrected chi connectivity index (χ2v) is 5.11. The maximum atomic E-state index is 12.5. The number of benzene rings is 3. The summed E-state index contributed by atoms with van der Waals surface area (Å²) in [5.41, 5.74) is 1.00. The summed E-state index contributed by atoms with van der Waals surface area (Å²) in [5, 5.41) is 4.98. The van der Waals surface area contributed by atoms with Crippen molar-refractivity contribution in [3.8, 4) is 5.75 Å². The summed E-state index contributed by atoms with van der Waals surface area (Å²) in [6, 6.07) is 20.3. The average Bonchev–Trinajstić information content (AvgIpc) is 2.54. The van der Waals surface area contributed by atoms with Crippen molar-refractivity contribution < 1.29 is 14.3 Å². The van der Waals surface area contributed by atoms with Gasteiger partial charge >= 0.3 is 5.97 Å². The molecule has 0 aliphatic carbocycles. The van der Waals surface area contributed by atoms with Crippen molar-refractivity contribution in [2.75, 3.05) is 5.32 Å². The number of hydrogen-bond donors (Lipinski definition) is 1. The van der Waals surface area contributed by atoms with Crippen molar-refractivity contribution in [2.45, 2.75) is 6.92 Å². The number of esters is 1. The molecule has 3 rings (SSSR count). The number of amides is 1. The van der Waals surface area contributed by atoms with Crippen LogP contribution in [0.3, 0.4) is 0 Å². The highest BCUT2D eigenvalue weighted by Crippen LogP contribution is 2.22. The topological polar surface area (TPSA) is 55.4 Å². The van der Waals surface area contributed by atoms with E-state index in [1.807, 2.05) is 42.5 Å². The number of fused-ring (bicyclic) bond motifs is 1. The molecular weight excluding hydrogens is 290 g/mol. The van der Waals surface area contributed by atoms with Crippen molar-refractivity contribution in [3.05, 3.63) is 72.3 Å². The van der Waals surface area contributed by atoms with Gasteiger partial charge < -0.3 is 10.1 Å². The molecule has 0 bridgehead atoms. The Labute approximate surface area is 133 Å². The van der Waals surface area contributed by atoms with Crippen LogP contribution in [0.25, 0.3) is 10.8 Å². The van der Waals surface area contributed by atoms with Crippen molar-refractivity contribution in [3.63, 3.8) is 0 Å². The SMILES string of the molecule is CC(=O)Oc1ccccc1C(=O)Nc1ccc2ccccc2c1. The molecule has 0 spiro atoms. The predicted octanol–water partition coefficient (Wildman–Crippen LogP) is 4.02. The number of carbonyl (C=O) groups excluding carboxylic acids is 2. The van der Waals surface area contributed by atoms with Gasteiger partial charge in [-0.1, -0.05) is 42.5 Å². The van der Waals surface area contributed by atoms with Gasteiger partial charge in [0, 0.05) is 12.6 Å². The number of nitrogens with one attached hydrogen (secondary N) is 1. The molecule has 4 heteroatoms. The van der Waals surface area contributed by atoms with E-state index in [9.17, 15) is 9.59 Å². The van der Waals surface area contributed by atoms with Crippen LogP contribution >= 0.6 is 0 Å². The van der Waals surface area contributed by atoms with Crippen molar-refractivity contribution in [1.29, 1.82) is 0 Å². The molecule has 0 aliphatic rings. The number of anilines is 1. The summed E-state index contributed by atoms with van der Waals surface area (Å²) in [7, 11) is 0. The summed E-state index contributed by atoms with van der Waals surface area (Å²) in [4.78, 5) is 23.6. The molecule has 0 fully saturated rings. The van der Waals surface area contributed by atoms with E-state index in [0.29, 0.717) is 11.3 Å². The largest absolute Gasteiger partial charge is 0.426 e. The Morgan fingerprint density at radius 1 is 0.870 bits per heavy atom. The average molecular weight is 305 g/mol. The van der Waals surface area contributed by atoms with Gasteiger partial charge in [0.25, 0.3) is 5.91 Å². The lowest BCUT2D eigenvalue weighted by atomic mass is 10.1. The third-order valence-electron chi connectivity index (χ3n) is 3.39. The van der Waals surface area contributed by atoms with Gasteiger partial charge in [-0.3, -0.25) is 9.59 Å². The van der Waals surface area contributed by atoms with Gasteiger partial charge in [0.2, 0.25) is 0 Å². The molecule has 3 aromatic rings. The van der Waals surface area contributed by atoms with Gasteiger partial charge in [-0.05, 0) is 35.0 Å². The molecule has 3 aromatic carbocycles. The molecule has 23 heavy (non-hydrogen) atoms. The van der Waals surface area contributed by atoms with Crippen molar-refractivity contribution >= 4 is 28.3 Å². The summed E-state index contributed by atoms with van der Waals surface area (Å²) >= 11 is 0. The van der Waals surface area contributed by atoms with Gasteiger partial charge in [0.1, 0.15) is 5.75 Å². The Morgan fingerprint density at radius 3 is 2.35 bits per heavy atom. The fourth-order valence-corrected chi connectivity index (χ4v) is 2.36. The minimum absolute atomic E-state index is 0.248. The molecule has 0 saturated carbocycles. The van der Waals surface area contributed by atoms with E-state index in [2.05, 4.69) is 5.32 Å². The lowest BCUT2D eigenvalue weighted by Gasteiger charge is -2.10. The van der Waals surface area contributed by atoms with Crippen LogP contribution in [0.4, 0.5) is 5.69 Å². The first-order valence-corrected chi connectivity index (χ1v) is 7.21. The highest BCUT2D eigenvalue weighted by molar-refractivity contribution is 6.07. The predicted molar refractivity (Wildman–Crippen MR) is 89.7 cm³/mol. The Balaban J connectivity index is 1.87. The van der Waals surface area contributed by atoms with Crippen molar-refractivity contribution in [2.24, 2.45) is 0 Å². The molecule has 0 radical (unpaired) electrons. The van der Waals surface area contributed by atoms with Gasteiger partial charge in [-0.25, -0.2) is 0 Å². The van der Waals surface area contributed by atoms with Gasteiger partial charge in [-0.15, -0.1) is 0 Å². The number of hydrogen-bond acceptors (Lipinski definition) is 3. The van der Waals surface area contributed by atoms with E-state index in [-0.39, 0.29) is 11.7 Å². The van der Waals surface area contributed by atoms with Gasteiger partial charge in [0.05, 0.1) is 5.56 Å².